The van der Waals surface area contributed by atoms with E-state index in [0.717, 1.165) is 12.0 Å². The number of hydrogen-bond donors (Lipinski definition) is 2. The van der Waals surface area contributed by atoms with Gasteiger partial charge in [0, 0.05) is 22.8 Å². The van der Waals surface area contributed by atoms with E-state index < -0.39 is 0 Å². The maximum absolute atomic E-state index is 13.8. The number of likely N-dealkylation sites (N-methyl/N-ethyl adjacent to an activating group) is 1. The molecule has 3 nitrogen and oxygen atoms in total. The lowest BCUT2D eigenvalue weighted by atomic mass is 9.99. The molecule has 0 radical (unpaired) electrons. The van der Waals surface area contributed by atoms with Crippen LogP contribution in [0.3, 0.4) is 0 Å². The van der Waals surface area contributed by atoms with Crippen molar-refractivity contribution >= 4 is 17.4 Å². The first-order valence-corrected chi connectivity index (χ1v) is 6.78. The van der Waals surface area contributed by atoms with Crippen molar-refractivity contribution in [1.29, 1.82) is 0 Å². The Bertz CT molecular complexity index is 569. The molecule has 0 amide bonds. The highest BCUT2D eigenvalue weighted by Crippen LogP contribution is 2.21. The Morgan fingerprint density at radius 1 is 1.35 bits per heavy atom. The predicted molar refractivity (Wildman–Crippen MR) is 80.3 cm³/mol. The second-order valence-electron chi connectivity index (χ2n) is 4.68. The lowest BCUT2D eigenvalue weighted by molar-refractivity contribution is 0.532. The third-order valence-electron chi connectivity index (χ3n) is 3.25. The second kappa shape index (κ2) is 6.68. The second-order valence-corrected chi connectivity index (χ2v) is 5.09. The highest BCUT2D eigenvalue weighted by Gasteiger charge is 2.14. The van der Waals surface area contributed by atoms with E-state index in [1.54, 1.807) is 18.3 Å². The summed E-state index contributed by atoms with van der Waals surface area (Å²) in [5.74, 6) is 0.216. The number of rotatable bonds is 5. The molecule has 1 unspecified atom stereocenters. The quantitative estimate of drug-likeness (QED) is 0.891. The van der Waals surface area contributed by atoms with Crippen LogP contribution in [0.1, 0.15) is 11.1 Å². The summed E-state index contributed by atoms with van der Waals surface area (Å²) in [6.45, 7) is 0. The molecule has 0 bridgehead atoms. The molecule has 0 aliphatic heterocycles. The zero-order valence-electron chi connectivity index (χ0n) is 11.2. The summed E-state index contributed by atoms with van der Waals surface area (Å²) in [6, 6.07) is 8.55. The molecule has 1 aromatic carbocycles. The van der Waals surface area contributed by atoms with Crippen LogP contribution < -0.4 is 11.1 Å². The first-order chi connectivity index (χ1) is 9.60. The van der Waals surface area contributed by atoms with Crippen molar-refractivity contribution in [3.8, 4) is 0 Å². The average molecular weight is 294 g/mol. The SMILES string of the molecule is CNC(Cc1ccnc(N)c1)Cc1c(F)cccc1Cl. The molecule has 0 saturated carbocycles. The van der Waals surface area contributed by atoms with E-state index in [1.165, 1.54) is 6.07 Å². The summed E-state index contributed by atoms with van der Waals surface area (Å²) < 4.78 is 13.8. The Morgan fingerprint density at radius 2 is 2.15 bits per heavy atom. The van der Waals surface area contributed by atoms with Crippen molar-refractivity contribution < 1.29 is 4.39 Å². The van der Waals surface area contributed by atoms with Crippen LogP contribution >= 0.6 is 11.6 Å². The number of pyridine rings is 1. The summed E-state index contributed by atoms with van der Waals surface area (Å²) in [5, 5.41) is 3.64. The molecule has 2 aromatic rings. The predicted octanol–water partition coefficient (Wildman–Crippen LogP) is 2.83. The minimum atomic E-state index is -0.271. The lowest BCUT2D eigenvalue weighted by Crippen LogP contribution is -2.30. The van der Waals surface area contributed by atoms with Crippen molar-refractivity contribution in [2.24, 2.45) is 0 Å². The molecule has 20 heavy (non-hydrogen) atoms. The van der Waals surface area contributed by atoms with Crippen molar-refractivity contribution in [2.75, 3.05) is 12.8 Å². The average Bonchev–Trinajstić information content (AvgIpc) is 2.42. The van der Waals surface area contributed by atoms with Crippen LogP contribution in [-0.2, 0) is 12.8 Å². The number of nitrogens with one attached hydrogen (secondary N) is 1. The summed E-state index contributed by atoms with van der Waals surface area (Å²) in [4.78, 5) is 3.96. The van der Waals surface area contributed by atoms with Gasteiger partial charge in [-0.2, -0.15) is 0 Å². The van der Waals surface area contributed by atoms with Crippen molar-refractivity contribution in [2.45, 2.75) is 18.9 Å². The molecule has 5 heteroatoms. The van der Waals surface area contributed by atoms with Gasteiger partial charge in [-0.15, -0.1) is 0 Å². The van der Waals surface area contributed by atoms with Crippen LogP contribution in [0.4, 0.5) is 10.2 Å². The number of hydrogen-bond acceptors (Lipinski definition) is 3. The fraction of sp³-hybridized carbons (Fsp3) is 0.267. The normalized spacial score (nSPS) is 12.3. The zero-order valence-corrected chi connectivity index (χ0v) is 12.0. The Morgan fingerprint density at radius 3 is 2.80 bits per heavy atom. The van der Waals surface area contributed by atoms with E-state index in [1.807, 2.05) is 19.2 Å². The molecule has 2 rings (SSSR count). The van der Waals surface area contributed by atoms with E-state index in [9.17, 15) is 4.39 Å². The van der Waals surface area contributed by atoms with Gasteiger partial charge in [0.05, 0.1) is 0 Å². The van der Waals surface area contributed by atoms with E-state index in [2.05, 4.69) is 10.3 Å². The molecular weight excluding hydrogens is 277 g/mol. The summed E-state index contributed by atoms with van der Waals surface area (Å²) in [5.41, 5.74) is 7.26. The van der Waals surface area contributed by atoms with Crippen LogP contribution in [0.15, 0.2) is 36.5 Å². The molecule has 1 heterocycles. The highest BCUT2D eigenvalue weighted by molar-refractivity contribution is 6.31. The first-order valence-electron chi connectivity index (χ1n) is 6.40. The van der Waals surface area contributed by atoms with Gasteiger partial charge in [-0.25, -0.2) is 9.37 Å². The third kappa shape index (κ3) is 3.68. The molecule has 0 saturated heterocycles. The minimum Gasteiger partial charge on any atom is -0.384 e. The third-order valence-corrected chi connectivity index (χ3v) is 3.60. The standard InChI is InChI=1S/C15H17ClFN3/c1-19-11(7-10-5-6-20-15(18)8-10)9-12-13(16)3-2-4-14(12)17/h2-6,8,11,19H,7,9H2,1H3,(H2,18,20). The number of benzene rings is 1. The van der Waals surface area contributed by atoms with Gasteiger partial charge < -0.3 is 11.1 Å². The molecule has 106 valence electrons. The number of aromatic nitrogens is 1. The largest absolute Gasteiger partial charge is 0.384 e. The maximum Gasteiger partial charge on any atom is 0.127 e. The van der Waals surface area contributed by atoms with Crippen molar-refractivity contribution in [1.82, 2.24) is 10.3 Å². The molecule has 1 aromatic heterocycles. The van der Waals surface area contributed by atoms with E-state index >= 15 is 0 Å². The molecule has 1 atom stereocenters. The monoisotopic (exact) mass is 293 g/mol. The van der Waals surface area contributed by atoms with Gasteiger partial charge in [0.15, 0.2) is 0 Å². The van der Waals surface area contributed by atoms with E-state index in [0.29, 0.717) is 22.8 Å². The van der Waals surface area contributed by atoms with E-state index in [-0.39, 0.29) is 11.9 Å². The molecule has 0 spiro atoms. The minimum absolute atomic E-state index is 0.0752. The van der Waals surface area contributed by atoms with Crippen LogP contribution in [-0.4, -0.2) is 18.1 Å². The van der Waals surface area contributed by atoms with Gasteiger partial charge in [0.1, 0.15) is 11.6 Å². The molecular formula is C15H17ClFN3. The zero-order chi connectivity index (χ0) is 14.5. The smallest absolute Gasteiger partial charge is 0.127 e. The van der Waals surface area contributed by atoms with Gasteiger partial charge in [-0.1, -0.05) is 17.7 Å². The number of nitrogens with two attached hydrogens (primary N) is 1. The number of nitrogens with zero attached hydrogens (tertiary/aromatic N) is 1. The van der Waals surface area contributed by atoms with Crippen LogP contribution in [0, 0.1) is 5.82 Å². The van der Waals surface area contributed by atoms with Crippen molar-refractivity contribution in [3.63, 3.8) is 0 Å². The maximum atomic E-state index is 13.8. The summed E-state index contributed by atoms with van der Waals surface area (Å²) >= 11 is 6.06. The Labute approximate surface area is 123 Å². The summed E-state index contributed by atoms with van der Waals surface area (Å²) in [6.07, 6.45) is 2.92. The first kappa shape index (κ1) is 14.8. The Balaban J connectivity index is 2.13. The fourth-order valence-corrected chi connectivity index (χ4v) is 2.40. The number of anilines is 1. The van der Waals surface area contributed by atoms with Crippen molar-refractivity contribution in [3.05, 3.63) is 58.5 Å². The number of halogens is 2. The Hall–Kier alpha value is -1.65. The molecule has 0 fully saturated rings. The van der Waals surface area contributed by atoms with Crippen LogP contribution in [0.2, 0.25) is 5.02 Å². The summed E-state index contributed by atoms with van der Waals surface area (Å²) in [7, 11) is 1.85. The topological polar surface area (TPSA) is 50.9 Å². The van der Waals surface area contributed by atoms with E-state index in [4.69, 9.17) is 17.3 Å². The molecule has 0 aliphatic carbocycles. The van der Waals surface area contributed by atoms with Gasteiger partial charge in [-0.05, 0) is 49.7 Å². The van der Waals surface area contributed by atoms with Crippen LogP contribution in [0.5, 0.6) is 0 Å². The van der Waals surface area contributed by atoms with Gasteiger partial charge in [0.25, 0.3) is 0 Å². The molecule has 3 N–H and O–H groups in total. The van der Waals surface area contributed by atoms with Gasteiger partial charge >= 0.3 is 0 Å². The highest BCUT2D eigenvalue weighted by atomic mass is 35.5. The number of nitrogen functional groups attached to an aromatic ring is 1. The van der Waals surface area contributed by atoms with Gasteiger partial charge in [-0.3, -0.25) is 0 Å². The molecule has 0 aliphatic rings. The van der Waals surface area contributed by atoms with Crippen LogP contribution in [0.25, 0.3) is 0 Å². The Kier molecular flexibility index (Phi) is 4.93. The van der Waals surface area contributed by atoms with Gasteiger partial charge in [0.2, 0.25) is 0 Å². The lowest BCUT2D eigenvalue weighted by Gasteiger charge is -2.17. The fourth-order valence-electron chi connectivity index (χ4n) is 2.16.